The van der Waals surface area contributed by atoms with Gasteiger partial charge in [0, 0.05) is 25.3 Å². The Kier molecular flexibility index (Phi) is 5.22. The second-order valence-electron chi connectivity index (χ2n) is 5.14. The van der Waals surface area contributed by atoms with Crippen LogP contribution in [-0.4, -0.2) is 42.0 Å². The van der Waals surface area contributed by atoms with Crippen molar-refractivity contribution in [2.45, 2.75) is 13.3 Å². The van der Waals surface area contributed by atoms with Gasteiger partial charge in [-0.2, -0.15) is 4.98 Å². The maximum Gasteiger partial charge on any atom is 0.263 e. The Hall–Kier alpha value is -2.67. The fraction of sp³-hybridized carbons (Fsp3) is 0.353. The van der Waals surface area contributed by atoms with Crippen LogP contribution in [0.3, 0.4) is 0 Å². The van der Waals surface area contributed by atoms with Gasteiger partial charge < -0.3 is 19.3 Å². The first-order chi connectivity index (χ1) is 11.8. The first-order valence-corrected chi connectivity index (χ1v) is 7.90. The van der Waals surface area contributed by atoms with Gasteiger partial charge in [0.25, 0.3) is 5.71 Å². The van der Waals surface area contributed by atoms with Crippen LogP contribution in [0.2, 0.25) is 0 Å². The molecule has 0 amide bonds. The van der Waals surface area contributed by atoms with E-state index < -0.39 is 0 Å². The minimum absolute atomic E-state index is 0.454. The summed E-state index contributed by atoms with van der Waals surface area (Å²) in [6.07, 6.45) is 2.35. The fourth-order valence-corrected chi connectivity index (χ4v) is 2.41. The minimum atomic E-state index is 0.454. The highest BCUT2D eigenvalue weighted by Crippen LogP contribution is 2.32. The third-order valence-electron chi connectivity index (χ3n) is 3.58. The summed E-state index contributed by atoms with van der Waals surface area (Å²) in [5.41, 5.74) is 2.03. The second-order valence-corrected chi connectivity index (χ2v) is 5.14. The SMILES string of the molecule is CCOCCCNc1ncnc2onc(-c3cccc(OC)c3)c12. The molecule has 7 heteroatoms. The summed E-state index contributed by atoms with van der Waals surface area (Å²) >= 11 is 0. The van der Waals surface area contributed by atoms with Gasteiger partial charge in [-0.25, -0.2) is 4.98 Å². The Bertz CT molecular complexity index is 803. The van der Waals surface area contributed by atoms with Crippen LogP contribution in [0, 0.1) is 0 Å². The molecule has 1 N–H and O–H groups in total. The number of rotatable bonds is 8. The van der Waals surface area contributed by atoms with Crippen molar-refractivity contribution in [3.05, 3.63) is 30.6 Å². The molecule has 3 rings (SSSR count). The molecule has 126 valence electrons. The number of nitrogens with zero attached hydrogens (tertiary/aromatic N) is 3. The minimum Gasteiger partial charge on any atom is -0.497 e. The molecule has 1 aromatic carbocycles. The zero-order chi connectivity index (χ0) is 16.8. The lowest BCUT2D eigenvalue weighted by molar-refractivity contribution is 0.147. The van der Waals surface area contributed by atoms with Crippen LogP contribution in [0.15, 0.2) is 35.1 Å². The topological polar surface area (TPSA) is 82.3 Å². The number of benzene rings is 1. The van der Waals surface area contributed by atoms with Crippen molar-refractivity contribution in [1.82, 2.24) is 15.1 Å². The number of nitrogens with one attached hydrogen (secondary N) is 1. The molecule has 0 spiro atoms. The number of aromatic nitrogens is 3. The number of fused-ring (bicyclic) bond motifs is 1. The van der Waals surface area contributed by atoms with Gasteiger partial charge in [0.15, 0.2) is 0 Å². The molecule has 2 aromatic heterocycles. The molecule has 0 aliphatic rings. The smallest absolute Gasteiger partial charge is 0.263 e. The Balaban J connectivity index is 1.89. The molecule has 0 atom stereocenters. The van der Waals surface area contributed by atoms with E-state index in [1.165, 1.54) is 6.33 Å². The Morgan fingerprint density at radius 2 is 2.17 bits per heavy atom. The standard InChI is InChI=1S/C17H20N4O3/c1-3-23-9-5-8-18-16-14-15(21-24-17(14)20-11-19-16)12-6-4-7-13(10-12)22-2/h4,6-7,10-11H,3,5,8-9H2,1-2H3,(H,18,19,20). The molecule has 0 fully saturated rings. The van der Waals surface area contributed by atoms with Crippen LogP contribution in [0.5, 0.6) is 5.75 Å². The lowest BCUT2D eigenvalue weighted by Crippen LogP contribution is -2.07. The van der Waals surface area contributed by atoms with Crippen LogP contribution in [-0.2, 0) is 4.74 Å². The monoisotopic (exact) mass is 328 g/mol. The molecule has 0 aliphatic carbocycles. The molecule has 2 heterocycles. The van der Waals surface area contributed by atoms with Gasteiger partial charge in [-0.3, -0.25) is 0 Å². The van der Waals surface area contributed by atoms with Crippen molar-refractivity contribution in [3.63, 3.8) is 0 Å². The quantitative estimate of drug-likeness (QED) is 0.636. The summed E-state index contributed by atoms with van der Waals surface area (Å²) in [5, 5.41) is 8.24. The van der Waals surface area contributed by atoms with E-state index in [4.69, 9.17) is 14.0 Å². The average Bonchev–Trinajstić information content (AvgIpc) is 3.06. The zero-order valence-corrected chi connectivity index (χ0v) is 13.8. The van der Waals surface area contributed by atoms with Crippen molar-refractivity contribution in [1.29, 1.82) is 0 Å². The summed E-state index contributed by atoms with van der Waals surface area (Å²) in [5.74, 6) is 1.46. The summed E-state index contributed by atoms with van der Waals surface area (Å²) in [4.78, 5) is 8.48. The van der Waals surface area contributed by atoms with Gasteiger partial charge in [0.05, 0.1) is 7.11 Å². The highest BCUT2D eigenvalue weighted by atomic mass is 16.5. The number of ether oxygens (including phenoxy) is 2. The van der Waals surface area contributed by atoms with Crippen molar-refractivity contribution >= 4 is 16.9 Å². The van der Waals surface area contributed by atoms with E-state index in [1.54, 1.807) is 7.11 Å². The summed E-state index contributed by atoms with van der Waals surface area (Å²) in [7, 11) is 1.63. The van der Waals surface area contributed by atoms with Gasteiger partial charge in [-0.1, -0.05) is 17.3 Å². The second kappa shape index (κ2) is 7.74. The van der Waals surface area contributed by atoms with Crippen molar-refractivity contribution in [3.8, 4) is 17.0 Å². The predicted octanol–water partition coefficient (Wildman–Crippen LogP) is 3.13. The van der Waals surface area contributed by atoms with E-state index in [1.807, 2.05) is 31.2 Å². The molecule has 0 saturated heterocycles. The molecule has 7 nitrogen and oxygen atoms in total. The largest absolute Gasteiger partial charge is 0.497 e. The number of hydrogen-bond acceptors (Lipinski definition) is 7. The molecule has 0 saturated carbocycles. The van der Waals surface area contributed by atoms with E-state index in [9.17, 15) is 0 Å². The van der Waals surface area contributed by atoms with Gasteiger partial charge in [0.2, 0.25) is 0 Å². The Morgan fingerprint density at radius 3 is 3.00 bits per heavy atom. The van der Waals surface area contributed by atoms with E-state index in [0.717, 1.165) is 36.3 Å². The average molecular weight is 328 g/mol. The van der Waals surface area contributed by atoms with Crippen LogP contribution in [0.25, 0.3) is 22.4 Å². The highest BCUT2D eigenvalue weighted by Gasteiger charge is 2.16. The van der Waals surface area contributed by atoms with Crippen molar-refractivity contribution in [2.24, 2.45) is 0 Å². The zero-order valence-electron chi connectivity index (χ0n) is 13.8. The van der Waals surface area contributed by atoms with E-state index in [2.05, 4.69) is 20.4 Å². The number of methoxy groups -OCH3 is 1. The van der Waals surface area contributed by atoms with Crippen LogP contribution < -0.4 is 10.1 Å². The van der Waals surface area contributed by atoms with Gasteiger partial charge in [-0.15, -0.1) is 0 Å². The molecular formula is C17H20N4O3. The normalized spacial score (nSPS) is 10.9. The Morgan fingerprint density at radius 1 is 1.25 bits per heavy atom. The molecule has 0 aliphatic heterocycles. The number of anilines is 1. The molecule has 0 radical (unpaired) electrons. The lowest BCUT2D eigenvalue weighted by Gasteiger charge is -2.07. The maximum atomic E-state index is 5.36. The van der Waals surface area contributed by atoms with Crippen LogP contribution in [0.1, 0.15) is 13.3 Å². The number of hydrogen-bond donors (Lipinski definition) is 1. The fourth-order valence-electron chi connectivity index (χ4n) is 2.41. The Labute approximate surface area is 140 Å². The van der Waals surface area contributed by atoms with Gasteiger partial charge >= 0.3 is 0 Å². The molecular weight excluding hydrogens is 308 g/mol. The van der Waals surface area contributed by atoms with Crippen LogP contribution >= 0.6 is 0 Å². The van der Waals surface area contributed by atoms with Gasteiger partial charge in [0.1, 0.15) is 29.0 Å². The predicted molar refractivity (Wildman–Crippen MR) is 91.2 cm³/mol. The van der Waals surface area contributed by atoms with Gasteiger partial charge in [-0.05, 0) is 25.5 Å². The van der Waals surface area contributed by atoms with Crippen LogP contribution in [0.4, 0.5) is 5.82 Å². The van der Waals surface area contributed by atoms with E-state index in [0.29, 0.717) is 23.8 Å². The first-order valence-electron chi connectivity index (χ1n) is 7.90. The molecule has 0 unspecified atom stereocenters. The van der Waals surface area contributed by atoms with E-state index >= 15 is 0 Å². The molecule has 3 aromatic rings. The molecule has 24 heavy (non-hydrogen) atoms. The third kappa shape index (κ3) is 3.46. The lowest BCUT2D eigenvalue weighted by atomic mass is 10.1. The summed E-state index contributed by atoms with van der Waals surface area (Å²) < 4.78 is 16.0. The maximum absolute atomic E-state index is 5.36. The summed E-state index contributed by atoms with van der Waals surface area (Å²) in [6, 6.07) is 7.65. The van der Waals surface area contributed by atoms with Crippen molar-refractivity contribution < 1.29 is 14.0 Å². The third-order valence-corrected chi connectivity index (χ3v) is 3.58. The highest BCUT2D eigenvalue weighted by molar-refractivity contribution is 5.97. The summed E-state index contributed by atoms with van der Waals surface area (Å²) in [6.45, 7) is 4.17. The molecule has 0 bridgehead atoms. The van der Waals surface area contributed by atoms with Crippen molar-refractivity contribution in [2.75, 3.05) is 32.2 Å². The van der Waals surface area contributed by atoms with E-state index in [-0.39, 0.29) is 0 Å². The first kappa shape index (κ1) is 16.2.